The molecule has 0 bridgehead atoms. The number of rotatable bonds is 5. The van der Waals surface area contributed by atoms with Crippen LogP contribution in [0.1, 0.15) is 67.2 Å². The summed E-state index contributed by atoms with van der Waals surface area (Å²) < 4.78 is 5.41. The molecule has 0 saturated heterocycles. The van der Waals surface area contributed by atoms with Crippen LogP contribution in [-0.4, -0.2) is 39.3 Å². The number of amides is 1. The van der Waals surface area contributed by atoms with Gasteiger partial charge in [-0.1, -0.05) is 19.3 Å². The normalized spacial score (nSPS) is 18.8. The summed E-state index contributed by atoms with van der Waals surface area (Å²) in [5, 5.41) is 9.72. The van der Waals surface area contributed by atoms with Crippen LogP contribution in [0, 0.1) is 5.92 Å². The van der Waals surface area contributed by atoms with Crippen LogP contribution in [0.25, 0.3) is 0 Å². The Hall–Kier alpha value is -1.26. The number of carbonyl (C=O) groups is 2. The second kappa shape index (κ2) is 6.24. The van der Waals surface area contributed by atoms with E-state index in [4.69, 9.17) is 4.74 Å². The van der Waals surface area contributed by atoms with Gasteiger partial charge in [0, 0.05) is 6.04 Å². The molecule has 1 fully saturated rings. The minimum absolute atomic E-state index is 0.235. The molecular weight excluding hydrogens is 270 g/mol. The van der Waals surface area contributed by atoms with E-state index in [2.05, 4.69) is 0 Å². The number of hydrogen-bond donors (Lipinski definition) is 1. The molecule has 122 valence electrons. The van der Waals surface area contributed by atoms with E-state index < -0.39 is 23.2 Å². The van der Waals surface area contributed by atoms with Crippen molar-refractivity contribution in [1.29, 1.82) is 0 Å². The zero-order chi connectivity index (χ0) is 16.4. The van der Waals surface area contributed by atoms with Gasteiger partial charge in [-0.15, -0.1) is 0 Å². The maximum Gasteiger partial charge on any atom is 0.411 e. The monoisotopic (exact) mass is 299 g/mol. The van der Waals surface area contributed by atoms with Gasteiger partial charge in [-0.3, -0.25) is 4.90 Å². The van der Waals surface area contributed by atoms with E-state index in [1.54, 1.807) is 27.7 Å². The Labute approximate surface area is 127 Å². The molecule has 0 aliphatic heterocycles. The van der Waals surface area contributed by atoms with E-state index in [9.17, 15) is 14.7 Å². The quantitative estimate of drug-likeness (QED) is 0.841. The lowest BCUT2D eigenvalue weighted by molar-refractivity contribution is -0.153. The fourth-order valence-corrected chi connectivity index (χ4v) is 2.84. The van der Waals surface area contributed by atoms with E-state index in [1.165, 1.54) is 4.90 Å². The maximum absolute atomic E-state index is 12.5. The molecule has 0 heterocycles. The van der Waals surface area contributed by atoms with Gasteiger partial charge in [-0.25, -0.2) is 9.59 Å². The van der Waals surface area contributed by atoms with E-state index in [0.717, 1.165) is 19.3 Å². The molecule has 1 aliphatic rings. The lowest BCUT2D eigenvalue weighted by atomic mass is 9.75. The van der Waals surface area contributed by atoms with Crippen LogP contribution >= 0.6 is 0 Å². The van der Waals surface area contributed by atoms with Crippen molar-refractivity contribution in [3.05, 3.63) is 0 Å². The van der Waals surface area contributed by atoms with Crippen LogP contribution in [0.3, 0.4) is 0 Å². The Kier molecular flexibility index (Phi) is 5.29. The highest BCUT2D eigenvalue weighted by Crippen LogP contribution is 2.37. The van der Waals surface area contributed by atoms with Gasteiger partial charge in [0.05, 0.1) is 0 Å². The highest BCUT2D eigenvalue weighted by atomic mass is 16.6. The lowest BCUT2D eigenvalue weighted by Crippen LogP contribution is -2.59. The van der Waals surface area contributed by atoms with Crippen molar-refractivity contribution in [1.82, 2.24) is 4.90 Å². The van der Waals surface area contributed by atoms with Gasteiger partial charge in [0.2, 0.25) is 0 Å². The third-order valence-corrected chi connectivity index (χ3v) is 4.01. The Bertz CT molecular complexity index is 396. The van der Waals surface area contributed by atoms with Crippen LogP contribution < -0.4 is 0 Å². The lowest BCUT2D eigenvalue weighted by Gasteiger charge is -2.44. The molecule has 0 spiro atoms. The molecule has 21 heavy (non-hydrogen) atoms. The van der Waals surface area contributed by atoms with Crippen LogP contribution in [0.5, 0.6) is 0 Å². The smallest absolute Gasteiger partial charge is 0.411 e. The number of nitrogens with zero attached hydrogens (tertiary/aromatic N) is 1. The molecule has 0 radical (unpaired) electrons. The van der Waals surface area contributed by atoms with Gasteiger partial charge in [0.1, 0.15) is 11.1 Å². The standard InChI is InChI=1S/C16H29NO4/c1-11(2)17(14(20)21-15(3,4)5)16(6,13(18)19)10-12-8-7-9-12/h11-12H,7-10H2,1-6H3,(H,18,19). The predicted molar refractivity (Wildman–Crippen MR) is 81.2 cm³/mol. The fourth-order valence-electron chi connectivity index (χ4n) is 2.84. The molecule has 1 N–H and O–H groups in total. The first kappa shape index (κ1) is 17.8. The summed E-state index contributed by atoms with van der Waals surface area (Å²) in [4.78, 5) is 25.7. The number of ether oxygens (including phenoxy) is 1. The molecule has 1 atom stereocenters. The summed E-state index contributed by atoms with van der Waals surface area (Å²) in [5.41, 5.74) is -1.86. The van der Waals surface area contributed by atoms with Crippen LogP contribution in [0.4, 0.5) is 4.79 Å². The van der Waals surface area contributed by atoms with Gasteiger partial charge < -0.3 is 9.84 Å². The Morgan fingerprint density at radius 1 is 1.24 bits per heavy atom. The third kappa shape index (κ3) is 4.35. The number of carbonyl (C=O) groups excluding carboxylic acids is 1. The summed E-state index contributed by atoms with van der Waals surface area (Å²) in [5.74, 6) is -0.580. The Balaban J connectivity index is 3.02. The van der Waals surface area contributed by atoms with Crippen LogP contribution in [0.2, 0.25) is 0 Å². The summed E-state index contributed by atoms with van der Waals surface area (Å²) in [7, 11) is 0. The molecule has 1 unspecified atom stereocenters. The number of aliphatic carboxylic acids is 1. The molecule has 5 nitrogen and oxygen atoms in total. The first-order chi connectivity index (χ1) is 9.47. The first-order valence-electron chi connectivity index (χ1n) is 7.73. The van der Waals surface area contributed by atoms with Crippen LogP contribution in [0.15, 0.2) is 0 Å². The highest BCUT2D eigenvalue weighted by Gasteiger charge is 2.47. The number of hydrogen-bond acceptors (Lipinski definition) is 3. The van der Waals surface area contributed by atoms with Crippen molar-refractivity contribution in [2.75, 3.05) is 0 Å². The largest absolute Gasteiger partial charge is 0.480 e. The van der Waals surface area contributed by atoms with Crippen molar-refractivity contribution >= 4 is 12.1 Å². The molecule has 5 heteroatoms. The minimum atomic E-state index is -1.22. The average Bonchev–Trinajstić information content (AvgIpc) is 2.20. The molecule has 0 aromatic carbocycles. The fraction of sp³-hybridized carbons (Fsp3) is 0.875. The van der Waals surface area contributed by atoms with Gasteiger partial charge >= 0.3 is 12.1 Å². The second-order valence-corrected chi connectivity index (χ2v) is 7.52. The Morgan fingerprint density at radius 2 is 1.76 bits per heavy atom. The van der Waals surface area contributed by atoms with E-state index in [0.29, 0.717) is 12.3 Å². The molecule has 0 aromatic heterocycles. The first-order valence-corrected chi connectivity index (χ1v) is 7.73. The topological polar surface area (TPSA) is 66.8 Å². The van der Waals surface area contributed by atoms with Gasteiger partial charge in [-0.2, -0.15) is 0 Å². The number of carboxylic acids is 1. The molecule has 1 amide bonds. The van der Waals surface area contributed by atoms with Gasteiger partial charge in [-0.05, 0) is 53.9 Å². The molecule has 1 aliphatic carbocycles. The van der Waals surface area contributed by atoms with E-state index in [-0.39, 0.29) is 6.04 Å². The molecule has 0 aromatic rings. The molecular formula is C16H29NO4. The highest BCUT2D eigenvalue weighted by molar-refractivity contribution is 5.84. The van der Waals surface area contributed by atoms with Crippen molar-refractivity contribution in [2.24, 2.45) is 5.92 Å². The van der Waals surface area contributed by atoms with Crippen molar-refractivity contribution in [3.63, 3.8) is 0 Å². The van der Waals surface area contributed by atoms with Crippen LogP contribution in [-0.2, 0) is 9.53 Å². The molecule has 1 rings (SSSR count). The SMILES string of the molecule is CC(C)N(C(=O)OC(C)(C)C)C(C)(CC1CCC1)C(=O)O. The van der Waals surface area contributed by atoms with Crippen molar-refractivity contribution in [2.45, 2.75) is 84.4 Å². The average molecular weight is 299 g/mol. The second-order valence-electron chi connectivity index (χ2n) is 7.52. The summed E-state index contributed by atoms with van der Waals surface area (Å²) >= 11 is 0. The minimum Gasteiger partial charge on any atom is -0.480 e. The summed E-state index contributed by atoms with van der Waals surface area (Å²) in [6.07, 6.45) is 3.17. The van der Waals surface area contributed by atoms with E-state index >= 15 is 0 Å². The maximum atomic E-state index is 12.5. The molecule has 1 saturated carbocycles. The van der Waals surface area contributed by atoms with Crippen molar-refractivity contribution < 1.29 is 19.4 Å². The Morgan fingerprint density at radius 3 is 2.05 bits per heavy atom. The van der Waals surface area contributed by atoms with Gasteiger partial charge in [0.25, 0.3) is 0 Å². The van der Waals surface area contributed by atoms with Gasteiger partial charge in [0.15, 0.2) is 0 Å². The zero-order valence-electron chi connectivity index (χ0n) is 14.1. The summed E-state index contributed by atoms with van der Waals surface area (Å²) in [6, 6.07) is -0.235. The van der Waals surface area contributed by atoms with Crippen molar-refractivity contribution in [3.8, 4) is 0 Å². The predicted octanol–water partition coefficient (Wildman–Crippen LogP) is 3.67. The number of carboxylic acid groups (broad SMARTS) is 1. The summed E-state index contributed by atoms with van der Waals surface area (Å²) in [6.45, 7) is 10.6. The zero-order valence-corrected chi connectivity index (χ0v) is 14.1. The third-order valence-electron chi connectivity index (χ3n) is 4.01. The van der Waals surface area contributed by atoms with E-state index in [1.807, 2.05) is 13.8 Å².